The van der Waals surface area contributed by atoms with Crippen LogP contribution in [0.25, 0.3) is 0 Å². The van der Waals surface area contributed by atoms with Crippen LogP contribution in [0.4, 0.5) is 5.69 Å². The highest BCUT2D eigenvalue weighted by Gasteiger charge is 2.41. The van der Waals surface area contributed by atoms with Gasteiger partial charge in [-0.3, -0.25) is 4.79 Å². The minimum absolute atomic E-state index is 0.0376. The number of rotatable bonds is 2. The van der Waals surface area contributed by atoms with Gasteiger partial charge in [-0.1, -0.05) is 34.5 Å². The first-order chi connectivity index (χ1) is 8.90. The highest BCUT2D eigenvalue weighted by atomic mass is 79.9. The van der Waals surface area contributed by atoms with Crippen molar-refractivity contribution in [3.63, 3.8) is 0 Å². The molecule has 1 fully saturated rings. The van der Waals surface area contributed by atoms with Crippen molar-refractivity contribution in [1.82, 2.24) is 0 Å². The average molecular weight is 347 g/mol. The van der Waals surface area contributed by atoms with Crippen LogP contribution >= 0.6 is 27.5 Å². The lowest BCUT2D eigenvalue weighted by atomic mass is 9.89. The van der Waals surface area contributed by atoms with E-state index in [0.717, 1.165) is 4.47 Å². The fourth-order valence-corrected chi connectivity index (χ4v) is 3.05. The van der Waals surface area contributed by atoms with Crippen molar-refractivity contribution in [2.45, 2.75) is 33.0 Å². The number of amides is 1. The standard InChI is InChI=1S/C14H17BrClNO2/c1-7-8(2)19-9(3)13(7)14(18)17-12-6-10(15)4-5-11(12)16/h4-9,13H,1-3H3,(H,17,18). The van der Waals surface area contributed by atoms with Crippen LogP contribution in [0.2, 0.25) is 5.02 Å². The molecule has 0 radical (unpaired) electrons. The first-order valence-corrected chi connectivity index (χ1v) is 7.48. The van der Waals surface area contributed by atoms with E-state index in [1.807, 2.05) is 26.8 Å². The number of halogens is 2. The molecule has 5 heteroatoms. The maximum absolute atomic E-state index is 12.4. The molecule has 19 heavy (non-hydrogen) atoms. The van der Waals surface area contributed by atoms with E-state index in [2.05, 4.69) is 21.2 Å². The molecule has 1 aromatic rings. The lowest BCUT2D eigenvalue weighted by Crippen LogP contribution is -2.32. The SMILES string of the molecule is CC1OC(C)C(C(=O)Nc2cc(Br)ccc2Cl)C1C. The summed E-state index contributed by atoms with van der Waals surface area (Å²) >= 11 is 9.45. The van der Waals surface area contributed by atoms with Crippen LogP contribution in [0.5, 0.6) is 0 Å². The molecule has 4 unspecified atom stereocenters. The average Bonchev–Trinajstić information content (AvgIpc) is 2.58. The molecule has 0 spiro atoms. The van der Waals surface area contributed by atoms with Gasteiger partial charge in [-0.25, -0.2) is 0 Å². The molecule has 3 nitrogen and oxygen atoms in total. The second-order valence-electron chi connectivity index (χ2n) is 5.04. The molecule has 1 aliphatic rings. The monoisotopic (exact) mass is 345 g/mol. The summed E-state index contributed by atoms with van der Waals surface area (Å²) in [5.74, 6) is 0.00956. The molecule has 1 N–H and O–H groups in total. The van der Waals surface area contributed by atoms with Crippen LogP contribution in [0.1, 0.15) is 20.8 Å². The first-order valence-electron chi connectivity index (χ1n) is 6.31. The number of benzene rings is 1. The third-order valence-electron chi connectivity index (χ3n) is 3.73. The summed E-state index contributed by atoms with van der Waals surface area (Å²) in [5.41, 5.74) is 0.625. The normalized spacial score (nSPS) is 30.4. The third kappa shape index (κ3) is 3.12. The Balaban J connectivity index is 2.15. The largest absolute Gasteiger partial charge is 0.374 e. The molecule has 1 aromatic carbocycles. The number of nitrogens with one attached hydrogen (secondary N) is 1. The summed E-state index contributed by atoms with van der Waals surface area (Å²) in [6.07, 6.45) is 0.0275. The molecule has 0 saturated carbocycles. The Bertz CT molecular complexity index is 494. The van der Waals surface area contributed by atoms with E-state index in [1.165, 1.54) is 0 Å². The highest BCUT2D eigenvalue weighted by Crippen LogP contribution is 2.34. The third-order valence-corrected chi connectivity index (χ3v) is 4.55. The minimum atomic E-state index is -0.148. The van der Waals surface area contributed by atoms with Crippen molar-refractivity contribution in [3.05, 3.63) is 27.7 Å². The number of hydrogen-bond acceptors (Lipinski definition) is 2. The van der Waals surface area contributed by atoms with Gasteiger partial charge < -0.3 is 10.1 Å². The summed E-state index contributed by atoms with van der Waals surface area (Å²) in [4.78, 5) is 12.4. The Morgan fingerprint density at radius 2 is 2.00 bits per heavy atom. The molecular formula is C14H17BrClNO2. The van der Waals surface area contributed by atoms with Gasteiger partial charge in [0.25, 0.3) is 0 Å². The zero-order valence-electron chi connectivity index (χ0n) is 11.1. The lowest BCUT2D eigenvalue weighted by molar-refractivity contribution is -0.121. The molecule has 4 atom stereocenters. The van der Waals surface area contributed by atoms with Crippen molar-refractivity contribution < 1.29 is 9.53 Å². The van der Waals surface area contributed by atoms with Gasteiger partial charge in [-0.05, 0) is 38.0 Å². The molecule has 0 bridgehead atoms. The predicted octanol–water partition coefficient (Wildman–Crippen LogP) is 4.10. The summed E-state index contributed by atoms with van der Waals surface area (Å²) in [6, 6.07) is 5.39. The van der Waals surface area contributed by atoms with Crippen LogP contribution in [0.3, 0.4) is 0 Å². The Kier molecular flexibility index (Phi) is 4.54. The van der Waals surface area contributed by atoms with Gasteiger partial charge in [0.15, 0.2) is 0 Å². The van der Waals surface area contributed by atoms with Gasteiger partial charge in [0.2, 0.25) is 5.91 Å². The van der Waals surface area contributed by atoms with Crippen molar-refractivity contribution in [1.29, 1.82) is 0 Å². The van der Waals surface area contributed by atoms with Crippen molar-refractivity contribution >= 4 is 39.1 Å². The summed E-state index contributed by atoms with van der Waals surface area (Å²) < 4.78 is 6.57. The zero-order valence-corrected chi connectivity index (χ0v) is 13.5. The smallest absolute Gasteiger partial charge is 0.230 e. The topological polar surface area (TPSA) is 38.3 Å². The molecule has 1 heterocycles. The predicted molar refractivity (Wildman–Crippen MR) is 80.4 cm³/mol. The van der Waals surface area contributed by atoms with E-state index in [1.54, 1.807) is 12.1 Å². The van der Waals surface area contributed by atoms with E-state index in [0.29, 0.717) is 10.7 Å². The van der Waals surface area contributed by atoms with Crippen LogP contribution < -0.4 is 5.32 Å². The molecule has 1 saturated heterocycles. The molecule has 2 rings (SSSR count). The second kappa shape index (κ2) is 5.81. The molecule has 0 aromatic heterocycles. The van der Waals surface area contributed by atoms with E-state index in [9.17, 15) is 4.79 Å². The maximum atomic E-state index is 12.4. The van der Waals surface area contributed by atoms with Gasteiger partial charge in [-0.2, -0.15) is 0 Å². The quantitative estimate of drug-likeness (QED) is 0.875. The number of ether oxygens (including phenoxy) is 1. The van der Waals surface area contributed by atoms with Gasteiger partial charge in [0.1, 0.15) is 0 Å². The van der Waals surface area contributed by atoms with Crippen LogP contribution in [0.15, 0.2) is 22.7 Å². The molecule has 104 valence electrons. The minimum Gasteiger partial charge on any atom is -0.374 e. The van der Waals surface area contributed by atoms with Crippen LogP contribution in [-0.4, -0.2) is 18.1 Å². The fourth-order valence-electron chi connectivity index (χ4n) is 2.53. The van der Waals surface area contributed by atoms with Gasteiger partial charge in [-0.15, -0.1) is 0 Å². The summed E-state index contributed by atoms with van der Waals surface area (Å²) in [6.45, 7) is 5.98. The second-order valence-corrected chi connectivity index (χ2v) is 6.37. The Morgan fingerprint density at radius 1 is 1.32 bits per heavy atom. The molecule has 1 aliphatic heterocycles. The highest BCUT2D eigenvalue weighted by molar-refractivity contribution is 9.10. The van der Waals surface area contributed by atoms with Crippen molar-refractivity contribution in [2.75, 3.05) is 5.32 Å². The van der Waals surface area contributed by atoms with Gasteiger partial charge in [0.05, 0.1) is 28.8 Å². The van der Waals surface area contributed by atoms with Crippen molar-refractivity contribution in [3.8, 4) is 0 Å². The van der Waals surface area contributed by atoms with Crippen LogP contribution in [0, 0.1) is 11.8 Å². The maximum Gasteiger partial charge on any atom is 0.230 e. The van der Waals surface area contributed by atoms with E-state index >= 15 is 0 Å². The summed E-state index contributed by atoms with van der Waals surface area (Å²) in [7, 11) is 0. The lowest BCUT2D eigenvalue weighted by Gasteiger charge is -2.18. The fraction of sp³-hybridized carbons (Fsp3) is 0.500. The Hall–Kier alpha value is -0.580. The van der Waals surface area contributed by atoms with E-state index in [-0.39, 0.29) is 30.0 Å². The molecular weight excluding hydrogens is 330 g/mol. The number of carbonyl (C=O) groups excluding carboxylic acids is 1. The van der Waals surface area contributed by atoms with Crippen molar-refractivity contribution in [2.24, 2.45) is 11.8 Å². The van der Waals surface area contributed by atoms with Gasteiger partial charge in [0, 0.05) is 4.47 Å². The number of carbonyl (C=O) groups is 1. The Morgan fingerprint density at radius 3 is 2.58 bits per heavy atom. The molecule has 1 amide bonds. The van der Waals surface area contributed by atoms with E-state index in [4.69, 9.17) is 16.3 Å². The Labute approximate surface area is 126 Å². The number of hydrogen-bond donors (Lipinski definition) is 1. The summed E-state index contributed by atoms with van der Waals surface area (Å²) in [5, 5.41) is 3.42. The first kappa shape index (κ1) is 14.8. The molecule has 0 aliphatic carbocycles. The van der Waals surface area contributed by atoms with Gasteiger partial charge >= 0.3 is 0 Å². The van der Waals surface area contributed by atoms with Crippen LogP contribution in [-0.2, 0) is 9.53 Å². The zero-order chi connectivity index (χ0) is 14.2. The number of anilines is 1. The van der Waals surface area contributed by atoms with E-state index < -0.39 is 0 Å².